The van der Waals surface area contributed by atoms with Gasteiger partial charge < -0.3 is 15.2 Å². The van der Waals surface area contributed by atoms with Crippen molar-refractivity contribution in [3.63, 3.8) is 0 Å². The fourth-order valence-electron chi connectivity index (χ4n) is 3.24. The molecular weight excluding hydrogens is 481 g/mol. The summed E-state index contributed by atoms with van der Waals surface area (Å²) in [6.45, 7) is 6.33. The van der Waals surface area contributed by atoms with Gasteiger partial charge >= 0.3 is 0 Å². The molecule has 0 aliphatic rings. The number of aromatic nitrogens is 3. The topological polar surface area (TPSA) is 88.9 Å². The number of amides is 2. The second kappa shape index (κ2) is 11.5. The molecule has 0 spiro atoms. The molecule has 1 aromatic heterocycles. The van der Waals surface area contributed by atoms with Crippen LogP contribution in [-0.4, -0.2) is 32.3 Å². The quantitative estimate of drug-likeness (QED) is 0.396. The van der Waals surface area contributed by atoms with Gasteiger partial charge in [0.1, 0.15) is 0 Å². The third-order valence-corrected chi connectivity index (χ3v) is 6.69. The Morgan fingerprint density at radius 3 is 2.39 bits per heavy atom. The molecule has 7 nitrogen and oxygen atoms in total. The van der Waals surface area contributed by atoms with E-state index in [1.807, 2.05) is 55.7 Å². The van der Waals surface area contributed by atoms with Crippen LogP contribution < -0.4 is 10.6 Å². The predicted molar refractivity (Wildman–Crippen MR) is 132 cm³/mol. The molecule has 3 aromatic rings. The van der Waals surface area contributed by atoms with Crippen LogP contribution in [0.25, 0.3) is 0 Å². The zero-order valence-corrected chi connectivity index (χ0v) is 20.8. The minimum atomic E-state index is -0.402. The molecule has 0 aliphatic carbocycles. The molecule has 0 unspecified atom stereocenters. The lowest BCUT2D eigenvalue weighted by atomic mass is 10.1. The van der Waals surface area contributed by atoms with Crippen LogP contribution in [0.5, 0.6) is 0 Å². The summed E-state index contributed by atoms with van der Waals surface area (Å²) in [5.74, 6) is 0.422. The summed E-state index contributed by atoms with van der Waals surface area (Å²) in [5, 5.41) is 15.7. The average molecular weight is 506 g/mol. The summed E-state index contributed by atoms with van der Waals surface area (Å²) >= 11 is 13.2. The Kier molecular flexibility index (Phi) is 8.77. The molecule has 0 saturated carbocycles. The second-order valence-electron chi connectivity index (χ2n) is 7.40. The lowest BCUT2D eigenvalue weighted by molar-refractivity contribution is -0.119. The van der Waals surface area contributed by atoms with Gasteiger partial charge in [-0.05, 0) is 44.5 Å². The highest BCUT2D eigenvalue weighted by molar-refractivity contribution is 7.99. The molecule has 0 saturated heterocycles. The Morgan fingerprint density at radius 2 is 1.73 bits per heavy atom. The number of nitrogens with zero attached hydrogens (tertiary/aromatic N) is 3. The van der Waals surface area contributed by atoms with E-state index < -0.39 is 6.04 Å². The maximum Gasteiger partial charge on any atom is 0.251 e. The van der Waals surface area contributed by atoms with Crippen molar-refractivity contribution in [3.05, 3.63) is 75.5 Å². The SMILES string of the molecule is CCn1c(SCC(=O)N[C@@H](C)c2ccccc2)nnc1[C@@H](C)NC(=O)c1ccc(Cl)c(Cl)c1. The first kappa shape index (κ1) is 25.1. The van der Waals surface area contributed by atoms with Gasteiger partial charge in [-0.3, -0.25) is 9.59 Å². The maximum atomic E-state index is 12.6. The van der Waals surface area contributed by atoms with Crippen LogP contribution >= 0.6 is 35.0 Å². The van der Waals surface area contributed by atoms with Crippen molar-refractivity contribution < 1.29 is 9.59 Å². The van der Waals surface area contributed by atoms with Crippen molar-refractivity contribution in [2.45, 2.75) is 44.6 Å². The number of thioether (sulfide) groups is 1. The van der Waals surface area contributed by atoms with Crippen LogP contribution in [0.4, 0.5) is 0 Å². The van der Waals surface area contributed by atoms with Gasteiger partial charge in [-0.1, -0.05) is 65.3 Å². The molecular formula is C23H25Cl2N5O2S. The van der Waals surface area contributed by atoms with Gasteiger partial charge in [0.15, 0.2) is 11.0 Å². The van der Waals surface area contributed by atoms with E-state index in [1.165, 1.54) is 17.8 Å². The predicted octanol–water partition coefficient (Wildman–Crippen LogP) is 5.07. The molecule has 0 fully saturated rings. The monoisotopic (exact) mass is 505 g/mol. The van der Waals surface area contributed by atoms with E-state index in [9.17, 15) is 9.59 Å². The van der Waals surface area contributed by atoms with Crippen molar-refractivity contribution in [2.24, 2.45) is 0 Å². The molecule has 1 heterocycles. The van der Waals surface area contributed by atoms with Crippen LogP contribution in [0.2, 0.25) is 10.0 Å². The molecule has 2 amide bonds. The summed E-state index contributed by atoms with van der Waals surface area (Å²) in [5.41, 5.74) is 1.44. The fraction of sp³-hybridized carbons (Fsp3) is 0.304. The number of hydrogen-bond donors (Lipinski definition) is 2. The van der Waals surface area contributed by atoms with Gasteiger partial charge in [0.25, 0.3) is 5.91 Å². The molecule has 174 valence electrons. The minimum Gasteiger partial charge on any atom is -0.349 e. The summed E-state index contributed by atoms with van der Waals surface area (Å²) in [4.78, 5) is 25.0. The number of halogens is 2. The number of benzene rings is 2. The third kappa shape index (κ3) is 6.50. The lowest BCUT2D eigenvalue weighted by Crippen LogP contribution is -2.29. The van der Waals surface area contributed by atoms with E-state index in [-0.39, 0.29) is 23.6 Å². The number of hydrogen-bond acceptors (Lipinski definition) is 5. The van der Waals surface area contributed by atoms with Crippen molar-refractivity contribution in [3.8, 4) is 0 Å². The minimum absolute atomic E-state index is 0.0875. The molecule has 10 heteroatoms. The van der Waals surface area contributed by atoms with Crippen molar-refractivity contribution in [1.29, 1.82) is 0 Å². The molecule has 2 N–H and O–H groups in total. The van der Waals surface area contributed by atoms with E-state index in [1.54, 1.807) is 12.1 Å². The molecule has 0 aliphatic heterocycles. The molecule has 3 rings (SSSR count). The number of carbonyl (C=O) groups excluding carboxylic acids is 2. The summed E-state index contributed by atoms with van der Waals surface area (Å²) in [7, 11) is 0. The Hall–Kier alpha value is -2.55. The van der Waals surface area contributed by atoms with E-state index in [0.29, 0.717) is 33.1 Å². The Bertz CT molecular complexity index is 1120. The van der Waals surface area contributed by atoms with Crippen LogP contribution in [0, 0.1) is 0 Å². The summed E-state index contributed by atoms with van der Waals surface area (Å²) < 4.78 is 1.89. The second-order valence-corrected chi connectivity index (χ2v) is 9.15. The molecule has 2 aromatic carbocycles. The van der Waals surface area contributed by atoms with E-state index in [2.05, 4.69) is 20.8 Å². The highest BCUT2D eigenvalue weighted by Crippen LogP contribution is 2.24. The number of rotatable bonds is 9. The highest BCUT2D eigenvalue weighted by Gasteiger charge is 2.21. The van der Waals surface area contributed by atoms with Gasteiger partial charge in [-0.2, -0.15) is 0 Å². The standard InChI is InChI=1S/C23H25Cl2N5O2S/c1-4-30-21(15(3)27-22(32)17-10-11-18(24)19(25)12-17)28-29-23(30)33-13-20(31)26-14(2)16-8-6-5-7-9-16/h5-12,14-15H,4,13H2,1-3H3,(H,26,31)(H,27,32)/t14-,15+/m0/s1. The Labute approximate surface area is 207 Å². The van der Waals surface area contributed by atoms with Crippen LogP contribution in [-0.2, 0) is 11.3 Å². The van der Waals surface area contributed by atoms with Gasteiger partial charge in [0, 0.05) is 12.1 Å². The Balaban J connectivity index is 1.61. The Morgan fingerprint density at radius 1 is 1.00 bits per heavy atom. The lowest BCUT2D eigenvalue weighted by Gasteiger charge is -2.16. The van der Waals surface area contributed by atoms with E-state index >= 15 is 0 Å². The summed E-state index contributed by atoms with van der Waals surface area (Å²) in [6, 6.07) is 14.0. The first-order valence-electron chi connectivity index (χ1n) is 10.5. The fourth-order valence-corrected chi connectivity index (χ4v) is 4.36. The summed E-state index contributed by atoms with van der Waals surface area (Å²) in [6.07, 6.45) is 0. The average Bonchev–Trinajstić information content (AvgIpc) is 3.23. The number of nitrogens with one attached hydrogen (secondary N) is 2. The smallest absolute Gasteiger partial charge is 0.251 e. The number of carbonyl (C=O) groups is 2. The normalized spacial score (nSPS) is 12.8. The third-order valence-electron chi connectivity index (χ3n) is 4.99. The van der Waals surface area contributed by atoms with E-state index in [0.717, 1.165) is 5.56 Å². The zero-order valence-electron chi connectivity index (χ0n) is 18.5. The zero-order chi connectivity index (χ0) is 24.0. The van der Waals surface area contributed by atoms with Crippen molar-refractivity contribution in [2.75, 3.05) is 5.75 Å². The van der Waals surface area contributed by atoms with Gasteiger partial charge in [0.05, 0.1) is 27.9 Å². The first-order valence-corrected chi connectivity index (χ1v) is 12.2. The van der Waals surface area contributed by atoms with Crippen molar-refractivity contribution >= 4 is 46.8 Å². The first-order chi connectivity index (χ1) is 15.8. The maximum absolute atomic E-state index is 12.6. The largest absolute Gasteiger partial charge is 0.349 e. The molecule has 2 atom stereocenters. The van der Waals surface area contributed by atoms with Gasteiger partial charge in [-0.25, -0.2) is 0 Å². The van der Waals surface area contributed by atoms with Gasteiger partial charge in [-0.15, -0.1) is 10.2 Å². The van der Waals surface area contributed by atoms with Crippen molar-refractivity contribution in [1.82, 2.24) is 25.4 Å². The van der Waals surface area contributed by atoms with Crippen LogP contribution in [0.1, 0.15) is 54.6 Å². The van der Waals surface area contributed by atoms with Gasteiger partial charge in [0.2, 0.25) is 5.91 Å². The van der Waals surface area contributed by atoms with Crippen LogP contribution in [0.15, 0.2) is 53.7 Å². The molecule has 0 bridgehead atoms. The van der Waals surface area contributed by atoms with E-state index in [4.69, 9.17) is 23.2 Å². The molecule has 33 heavy (non-hydrogen) atoms. The molecule has 0 radical (unpaired) electrons. The van der Waals surface area contributed by atoms with Crippen LogP contribution in [0.3, 0.4) is 0 Å². The highest BCUT2D eigenvalue weighted by atomic mass is 35.5.